The molecule has 0 unspecified atom stereocenters. The third-order valence-corrected chi connectivity index (χ3v) is 3.64. The third kappa shape index (κ3) is 8.77. The van der Waals surface area contributed by atoms with E-state index < -0.39 is 5.60 Å². The number of guanidine groups is 1. The maximum Gasteiger partial charge on any atom is 0.325 e. The van der Waals surface area contributed by atoms with Crippen LogP contribution in [0.15, 0.2) is 23.2 Å². The molecule has 0 spiro atoms. The Morgan fingerprint density at radius 2 is 2.00 bits per heavy atom. The highest BCUT2D eigenvalue weighted by atomic mass is 32.2. The van der Waals surface area contributed by atoms with Gasteiger partial charge in [-0.05, 0) is 57.2 Å². The zero-order valence-electron chi connectivity index (χ0n) is 15.6. The van der Waals surface area contributed by atoms with Crippen molar-refractivity contribution in [3.8, 4) is 0 Å². The SMILES string of the molecule is CCNC(=NCc1ccc(F)cc1CSC)NCC(=O)OC(C)(C)C. The van der Waals surface area contributed by atoms with Crippen LogP contribution in [-0.4, -0.2) is 36.9 Å². The topological polar surface area (TPSA) is 62.7 Å². The predicted molar refractivity (Wildman–Crippen MR) is 102 cm³/mol. The van der Waals surface area contributed by atoms with E-state index in [1.54, 1.807) is 23.9 Å². The summed E-state index contributed by atoms with van der Waals surface area (Å²) in [6, 6.07) is 4.74. The molecule has 140 valence electrons. The number of halogens is 1. The fraction of sp³-hybridized carbons (Fsp3) is 0.556. The van der Waals surface area contributed by atoms with Gasteiger partial charge in [0.25, 0.3) is 0 Å². The molecule has 0 aliphatic rings. The molecule has 0 radical (unpaired) electrons. The lowest BCUT2D eigenvalue weighted by Gasteiger charge is -2.20. The first kappa shape index (κ1) is 21.3. The summed E-state index contributed by atoms with van der Waals surface area (Å²) in [4.78, 5) is 16.3. The van der Waals surface area contributed by atoms with Gasteiger partial charge in [0.2, 0.25) is 0 Å². The second-order valence-corrected chi connectivity index (χ2v) is 7.35. The number of hydrogen-bond acceptors (Lipinski definition) is 4. The van der Waals surface area contributed by atoms with Crippen LogP contribution in [0.5, 0.6) is 0 Å². The number of benzene rings is 1. The van der Waals surface area contributed by atoms with Crippen molar-refractivity contribution < 1.29 is 13.9 Å². The number of thioether (sulfide) groups is 1. The minimum atomic E-state index is -0.519. The zero-order valence-corrected chi connectivity index (χ0v) is 16.4. The quantitative estimate of drug-likeness (QED) is 0.439. The maximum absolute atomic E-state index is 13.4. The molecule has 2 N–H and O–H groups in total. The molecular weight excluding hydrogens is 341 g/mol. The Labute approximate surface area is 153 Å². The van der Waals surface area contributed by atoms with E-state index in [1.165, 1.54) is 6.07 Å². The van der Waals surface area contributed by atoms with Gasteiger partial charge in [0.15, 0.2) is 5.96 Å². The second kappa shape index (κ2) is 10.3. The van der Waals surface area contributed by atoms with Crippen molar-refractivity contribution in [3.05, 3.63) is 35.1 Å². The lowest BCUT2D eigenvalue weighted by Crippen LogP contribution is -2.41. The van der Waals surface area contributed by atoms with Crippen LogP contribution in [0.1, 0.15) is 38.8 Å². The Morgan fingerprint density at radius 3 is 2.60 bits per heavy atom. The molecule has 1 aromatic carbocycles. The number of hydrogen-bond donors (Lipinski definition) is 2. The summed E-state index contributed by atoms with van der Waals surface area (Å²) in [5.41, 5.74) is 1.37. The number of esters is 1. The first-order valence-electron chi connectivity index (χ1n) is 8.25. The van der Waals surface area contributed by atoms with Crippen molar-refractivity contribution in [2.45, 2.75) is 45.6 Å². The molecule has 0 fully saturated rings. The van der Waals surface area contributed by atoms with Gasteiger partial charge in [0, 0.05) is 12.3 Å². The van der Waals surface area contributed by atoms with Crippen molar-refractivity contribution in [2.75, 3.05) is 19.3 Å². The number of nitrogens with one attached hydrogen (secondary N) is 2. The first-order chi connectivity index (χ1) is 11.7. The Kier molecular flexibility index (Phi) is 8.75. The highest BCUT2D eigenvalue weighted by Gasteiger charge is 2.16. The van der Waals surface area contributed by atoms with Crippen LogP contribution < -0.4 is 10.6 Å². The summed E-state index contributed by atoms with van der Waals surface area (Å²) < 4.78 is 18.7. The minimum absolute atomic E-state index is 0.0319. The van der Waals surface area contributed by atoms with Crippen molar-refractivity contribution in [1.29, 1.82) is 0 Å². The Morgan fingerprint density at radius 1 is 1.28 bits per heavy atom. The monoisotopic (exact) mass is 369 g/mol. The van der Waals surface area contributed by atoms with Gasteiger partial charge in [0.1, 0.15) is 18.0 Å². The van der Waals surface area contributed by atoms with Gasteiger partial charge in [-0.2, -0.15) is 11.8 Å². The number of aliphatic imine (C=N–C) groups is 1. The molecule has 0 atom stereocenters. The summed E-state index contributed by atoms with van der Waals surface area (Å²) in [5, 5.41) is 6.05. The molecule has 0 bridgehead atoms. The fourth-order valence-corrected chi connectivity index (χ4v) is 2.66. The number of ether oxygens (including phenoxy) is 1. The minimum Gasteiger partial charge on any atom is -0.459 e. The lowest BCUT2D eigenvalue weighted by atomic mass is 10.1. The van der Waals surface area contributed by atoms with E-state index in [0.29, 0.717) is 19.0 Å². The summed E-state index contributed by atoms with van der Waals surface area (Å²) >= 11 is 1.63. The van der Waals surface area contributed by atoms with E-state index in [4.69, 9.17) is 4.74 Å². The lowest BCUT2D eigenvalue weighted by molar-refractivity contribution is -0.153. The van der Waals surface area contributed by atoms with Crippen LogP contribution >= 0.6 is 11.8 Å². The van der Waals surface area contributed by atoms with Gasteiger partial charge in [0.05, 0.1) is 6.54 Å². The number of nitrogens with zero attached hydrogens (tertiary/aromatic N) is 1. The van der Waals surface area contributed by atoms with Crippen molar-refractivity contribution >= 4 is 23.7 Å². The Balaban J connectivity index is 2.74. The smallest absolute Gasteiger partial charge is 0.325 e. The van der Waals surface area contributed by atoms with Gasteiger partial charge in [-0.3, -0.25) is 4.79 Å². The third-order valence-electron chi connectivity index (χ3n) is 3.04. The number of carbonyl (C=O) groups excluding carboxylic acids is 1. The summed E-state index contributed by atoms with van der Waals surface area (Å²) in [6.45, 7) is 8.52. The van der Waals surface area contributed by atoms with Crippen molar-refractivity contribution in [3.63, 3.8) is 0 Å². The molecule has 1 rings (SSSR count). The maximum atomic E-state index is 13.4. The molecule has 0 saturated heterocycles. The molecule has 1 aromatic rings. The van der Waals surface area contributed by atoms with Gasteiger partial charge in [-0.25, -0.2) is 9.38 Å². The van der Waals surface area contributed by atoms with Crippen molar-refractivity contribution in [2.24, 2.45) is 4.99 Å². The largest absolute Gasteiger partial charge is 0.459 e. The molecule has 0 aliphatic carbocycles. The standard InChI is InChI=1S/C18H28FN3O2S/c1-6-20-17(22-11-16(23)24-18(2,3)4)21-10-13-7-8-15(19)9-14(13)12-25-5/h7-9H,6,10-12H2,1-5H3,(H2,20,21,22). The van der Waals surface area contributed by atoms with Crippen LogP contribution in [0.3, 0.4) is 0 Å². The number of carbonyl (C=O) groups is 1. The van der Waals surface area contributed by atoms with E-state index in [-0.39, 0.29) is 18.3 Å². The van der Waals surface area contributed by atoms with Crippen LogP contribution in [0.4, 0.5) is 4.39 Å². The average Bonchev–Trinajstić information content (AvgIpc) is 2.50. The summed E-state index contributed by atoms with van der Waals surface area (Å²) in [6.07, 6.45) is 1.98. The molecule has 7 heteroatoms. The highest BCUT2D eigenvalue weighted by molar-refractivity contribution is 7.97. The van der Waals surface area contributed by atoms with Crippen LogP contribution in [-0.2, 0) is 21.8 Å². The van der Waals surface area contributed by atoms with Crippen LogP contribution in [0, 0.1) is 5.82 Å². The fourth-order valence-electron chi connectivity index (χ4n) is 2.08. The van der Waals surface area contributed by atoms with Gasteiger partial charge >= 0.3 is 5.97 Å². The van der Waals surface area contributed by atoms with Gasteiger partial charge < -0.3 is 15.4 Å². The summed E-state index contributed by atoms with van der Waals surface area (Å²) in [5.74, 6) is 0.660. The number of rotatable bonds is 7. The molecule has 0 amide bonds. The molecule has 0 aromatic heterocycles. The van der Waals surface area contributed by atoms with Crippen LogP contribution in [0.25, 0.3) is 0 Å². The molecule has 0 saturated carbocycles. The van der Waals surface area contributed by atoms with E-state index in [1.807, 2.05) is 34.0 Å². The Bertz CT molecular complexity index is 600. The van der Waals surface area contributed by atoms with E-state index in [2.05, 4.69) is 15.6 Å². The second-order valence-electron chi connectivity index (χ2n) is 6.48. The molecule has 5 nitrogen and oxygen atoms in total. The molecule has 0 aliphatic heterocycles. The van der Waals surface area contributed by atoms with Gasteiger partial charge in [-0.1, -0.05) is 6.07 Å². The molecule has 0 heterocycles. The predicted octanol–water partition coefficient (Wildman–Crippen LogP) is 3.09. The molecular formula is C18H28FN3O2S. The van der Waals surface area contributed by atoms with Crippen LogP contribution in [0.2, 0.25) is 0 Å². The summed E-state index contributed by atoms with van der Waals surface area (Å²) in [7, 11) is 0. The zero-order chi connectivity index (χ0) is 18.9. The first-order valence-corrected chi connectivity index (χ1v) is 9.64. The molecule has 25 heavy (non-hydrogen) atoms. The van der Waals surface area contributed by atoms with E-state index in [9.17, 15) is 9.18 Å². The average molecular weight is 370 g/mol. The highest BCUT2D eigenvalue weighted by Crippen LogP contribution is 2.17. The normalized spacial score (nSPS) is 12.0. The Hall–Kier alpha value is -1.76. The van der Waals surface area contributed by atoms with Crippen molar-refractivity contribution in [1.82, 2.24) is 10.6 Å². The van der Waals surface area contributed by atoms with Gasteiger partial charge in [-0.15, -0.1) is 0 Å². The van der Waals surface area contributed by atoms with E-state index >= 15 is 0 Å². The van der Waals surface area contributed by atoms with E-state index in [0.717, 1.165) is 16.9 Å².